The summed E-state index contributed by atoms with van der Waals surface area (Å²) in [6.07, 6.45) is -1.10. The van der Waals surface area contributed by atoms with Gasteiger partial charge in [0.05, 0.1) is 39.6 Å². The van der Waals surface area contributed by atoms with Crippen molar-refractivity contribution in [1.29, 1.82) is 0 Å². The molecule has 0 bridgehead atoms. The molecule has 0 aliphatic carbocycles. The van der Waals surface area contributed by atoms with Crippen LogP contribution in [0, 0.1) is 0 Å². The topological polar surface area (TPSA) is 166 Å². The summed E-state index contributed by atoms with van der Waals surface area (Å²) in [5, 5.41) is 11.3. The van der Waals surface area contributed by atoms with Gasteiger partial charge in [0, 0.05) is 37.8 Å². The second-order valence-electron chi connectivity index (χ2n) is 8.53. The lowest BCUT2D eigenvalue weighted by molar-refractivity contribution is 0.00977. The van der Waals surface area contributed by atoms with Gasteiger partial charge < -0.3 is 38.7 Å². The minimum Gasteiger partial charge on any atom is -0.490 e. The molecule has 0 aliphatic heterocycles. The fourth-order valence-electron chi connectivity index (χ4n) is 3.41. The lowest BCUT2D eigenvalue weighted by Gasteiger charge is -2.12. The second kappa shape index (κ2) is 15.1. The Morgan fingerprint density at radius 3 is 2.23 bits per heavy atom. The highest BCUT2D eigenvalue weighted by atomic mass is 32.2. The van der Waals surface area contributed by atoms with E-state index in [1.54, 1.807) is 18.2 Å². The van der Waals surface area contributed by atoms with Gasteiger partial charge in [-0.05, 0) is 30.3 Å². The first kappa shape index (κ1) is 30.7. The maximum atomic E-state index is 13.0. The number of carboxylic acid groups (broad SMARTS) is 1. The summed E-state index contributed by atoms with van der Waals surface area (Å²) in [7, 11) is -0.520. The molecule has 3 N–H and O–H groups in total. The van der Waals surface area contributed by atoms with Gasteiger partial charge in [0.1, 0.15) is 22.8 Å². The Bertz CT molecular complexity index is 1370. The third-order valence-electron chi connectivity index (χ3n) is 5.36. The summed E-state index contributed by atoms with van der Waals surface area (Å²) in [4.78, 5) is 24.7. The number of amides is 2. The molecule has 14 heteroatoms. The third-order valence-corrected chi connectivity index (χ3v) is 6.73. The number of furan rings is 1. The number of anilines is 1. The number of hydrogen-bond donors (Lipinski definition) is 3. The van der Waals surface area contributed by atoms with E-state index in [0.717, 1.165) is 5.69 Å². The highest BCUT2D eigenvalue weighted by Gasteiger charge is 2.24. The van der Waals surface area contributed by atoms with Crippen LogP contribution in [0.5, 0.6) is 5.75 Å². The van der Waals surface area contributed by atoms with Crippen molar-refractivity contribution in [3.8, 4) is 5.75 Å². The Kier molecular flexibility index (Phi) is 11.6. The zero-order valence-corrected chi connectivity index (χ0v) is 23.1. The fourth-order valence-corrected chi connectivity index (χ4v) is 4.52. The van der Waals surface area contributed by atoms with Crippen molar-refractivity contribution in [2.45, 2.75) is 4.90 Å². The molecule has 3 rings (SSSR count). The van der Waals surface area contributed by atoms with Gasteiger partial charge in [-0.15, -0.1) is 0 Å². The number of nitrogens with one attached hydrogen (secondary N) is 2. The first-order valence-corrected chi connectivity index (χ1v) is 13.9. The molecule has 3 aromatic rings. The summed E-state index contributed by atoms with van der Waals surface area (Å²) >= 11 is 0. The van der Waals surface area contributed by atoms with Crippen molar-refractivity contribution in [1.82, 2.24) is 10.0 Å². The summed E-state index contributed by atoms with van der Waals surface area (Å²) in [5.41, 5.74) is 1.33. The molecule has 1 heterocycles. The first-order valence-electron chi connectivity index (χ1n) is 12.4. The molecule has 0 fully saturated rings. The molecule has 0 radical (unpaired) electrons. The van der Waals surface area contributed by atoms with E-state index in [1.165, 1.54) is 24.3 Å². The van der Waals surface area contributed by atoms with Gasteiger partial charge in [-0.1, -0.05) is 12.1 Å². The molecule has 0 atom stereocenters. The molecule has 1 aromatic heterocycles. The smallest absolute Gasteiger partial charge is 0.404 e. The number of hydrogen-bond acceptors (Lipinski definition) is 10. The lowest BCUT2D eigenvalue weighted by atomic mass is 10.2. The minimum atomic E-state index is -4.27. The number of fused-ring (bicyclic) bond motifs is 1. The van der Waals surface area contributed by atoms with Crippen molar-refractivity contribution in [2.75, 3.05) is 71.8 Å². The van der Waals surface area contributed by atoms with Gasteiger partial charge in [-0.3, -0.25) is 4.79 Å². The van der Waals surface area contributed by atoms with Gasteiger partial charge in [-0.2, -0.15) is 0 Å². The van der Waals surface area contributed by atoms with Crippen molar-refractivity contribution >= 4 is 38.7 Å². The molecule has 0 aliphatic rings. The van der Waals surface area contributed by atoms with Crippen LogP contribution in [0.25, 0.3) is 11.0 Å². The molecular formula is C26H33N3O10S. The fraction of sp³-hybridized carbons (Fsp3) is 0.385. The number of benzene rings is 2. The molecule has 2 aromatic carbocycles. The van der Waals surface area contributed by atoms with E-state index in [1.807, 2.05) is 29.8 Å². The highest BCUT2D eigenvalue weighted by Crippen LogP contribution is 2.26. The van der Waals surface area contributed by atoms with Gasteiger partial charge in [0.15, 0.2) is 5.76 Å². The standard InChI is InChI=1S/C26H33N3O10S/c1-29(2)20-8-7-19-17-23(39-22(19)18-20)25(30)28-40(33,34)24-6-4-3-5-21(24)38-16-15-37-14-13-36-12-11-35-10-9-27-26(31)32/h3-8,17-18,27H,9-16H2,1-2H3,(H,28,30)(H,31,32). The van der Waals surface area contributed by atoms with Crippen molar-refractivity contribution < 1.29 is 46.5 Å². The molecule has 40 heavy (non-hydrogen) atoms. The van der Waals surface area contributed by atoms with Crippen LogP contribution in [-0.4, -0.2) is 92.4 Å². The van der Waals surface area contributed by atoms with Crippen LogP contribution in [0.4, 0.5) is 10.5 Å². The summed E-state index contributed by atoms with van der Waals surface area (Å²) in [5.74, 6) is -0.967. The van der Waals surface area contributed by atoms with Crippen LogP contribution in [0.3, 0.4) is 0 Å². The predicted octanol–water partition coefficient (Wildman–Crippen LogP) is 2.31. The molecule has 0 spiro atoms. The van der Waals surface area contributed by atoms with Crippen LogP contribution in [0.15, 0.2) is 57.8 Å². The SMILES string of the molecule is CN(C)c1ccc2cc(C(=O)NS(=O)(=O)c3ccccc3OCCOCCOCCOCCNC(=O)O)oc2c1. The Balaban J connectivity index is 1.42. The lowest BCUT2D eigenvalue weighted by Crippen LogP contribution is -2.30. The average Bonchev–Trinajstić information content (AvgIpc) is 3.35. The molecule has 0 saturated carbocycles. The van der Waals surface area contributed by atoms with Gasteiger partial charge >= 0.3 is 12.0 Å². The van der Waals surface area contributed by atoms with Crippen LogP contribution in [0.1, 0.15) is 10.6 Å². The molecule has 2 amide bonds. The zero-order chi connectivity index (χ0) is 29.0. The van der Waals surface area contributed by atoms with E-state index in [9.17, 15) is 18.0 Å². The highest BCUT2D eigenvalue weighted by molar-refractivity contribution is 7.90. The zero-order valence-electron chi connectivity index (χ0n) is 22.3. The van der Waals surface area contributed by atoms with E-state index in [2.05, 4.69) is 5.32 Å². The van der Waals surface area contributed by atoms with Gasteiger partial charge in [-0.25, -0.2) is 17.9 Å². The number of ether oxygens (including phenoxy) is 4. The number of sulfonamides is 1. The quantitative estimate of drug-likeness (QED) is 0.201. The van der Waals surface area contributed by atoms with Crippen molar-refractivity contribution in [3.05, 3.63) is 54.3 Å². The van der Waals surface area contributed by atoms with E-state index < -0.39 is 22.0 Å². The Hall–Kier alpha value is -3.85. The van der Waals surface area contributed by atoms with Crippen molar-refractivity contribution in [2.24, 2.45) is 0 Å². The van der Waals surface area contributed by atoms with E-state index in [-0.39, 0.29) is 49.4 Å². The molecule has 0 unspecified atom stereocenters. The minimum absolute atomic E-state index is 0.0671. The maximum absolute atomic E-state index is 13.0. The summed E-state index contributed by atoms with van der Waals surface area (Å²) < 4.78 is 55.2. The second-order valence-corrected chi connectivity index (χ2v) is 10.2. The number of carbonyl (C=O) groups excluding carboxylic acids is 1. The average molecular weight is 580 g/mol. The molecule has 0 saturated heterocycles. The van der Waals surface area contributed by atoms with E-state index in [0.29, 0.717) is 30.8 Å². The van der Waals surface area contributed by atoms with Crippen LogP contribution < -0.4 is 19.7 Å². The van der Waals surface area contributed by atoms with Gasteiger partial charge in [0.2, 0.25) is 0 Å². The molecule has 13 nitrogen and oxygen atoms in total. The van der Waals surface area contributed by atoms with Crippen LogP contribution in [-0.2, 0) is 24.2 Å². The summed E-state index contributed by atoms with van der Waals surface area (Å²) in [6, 6.07) is 12.9. The largest absolute Gasteiger partial charge is 0.490 e. The van der Waals surface area contributed by atoms with E-state index >= 15 is 0 Å². The Labute approximate surface area is 232 Å². The number of rotatable bonds is 17. The number of para-hydroxylation sites is 1. The monoisotopic (exact) mass is 579 g/mol. The molecule has 218 valence electrons. The van der Waals surface area contributed by atoms with Crippen LogP contribution >= 0.6 is 0 Å². The Morgan fingerprint density at radius 2 is 1.55 bits per heavy atom. The predicted molar refractivity (Wildman–Crippen MR) is 146 cm³/mol. The first-order chi connectivity index (χ1) is 19.2. The Morgan fingerprint density at radius 1 is 0.900 bits per heavy atom. The van der Waals surface area contributed by atoms with Crippen LogP contribution in [0.2, 0.25) is 0 Å². The molecular weight excluding hydrogens is 546 g/mol. The van der Waals surface area contributed by atoms with Crippen molar-refractivity contribution in [3.63, 3.8) is 0 Å². The third kappa shape index (κ3) is 9.41. The summed E-state index contributed by atoms with van der Waals surface area (Å²) in [6.45, 7) is 1.94. The normalized spacial score (nSPS) is 11.3. The van der Waals surface area contributed by atoms with E-state index in [4.69, 9.17) is 28.5 Å². The number of carbonyl (C=O) groups is 2. The number of nitrogens with zero attached hydrogens (tertiary/aromatic N) is 1. The maximum Gasteiger partial charge on any atom is 0.404 e. The van der Waals surface area contributed by atoms with Gasteiger partial charge in [0.25, 0.3) is 10.0 Å².